The number of rotatable bonds is 4. The predicted molar refractivity (Wildman–Crippen MR) is 93.3 cm³/mol. The number of alkyl halides is 1. The average Bonchev–Trinajstić information content (AvgIpc) is 3.26. The van der Waals surface area contributed by atoms with E-state index >= 15 is 0 Å². The highest BCUT2D eigenvalue weighted by Crippen LogP contribution is 2.31. The molecule has 0 N–H and O–H groups in total. The zero-order valence-corrected chi connectivity index (χ0v) is 14.9. The number of hydrogen-bond acceptors (Lipinski definition) is 7. The summed E-state index contributed by atoms with van der Waals surface area (Å²) in [4.78, 5) is 23.5. The Morgan fingerprint density at radius 1 is 1.35 bits per heavy atom. The molecule has 0 aliphatic carbocycles. The average molecular weight is 373 g/mol. The molecule has 26 heavy (non-hydrogen) atoms. The van der Waals surface area contributed by atoms with Gasteiger partial charge in [-0.3, -0.25) is 9.78 Å². The molecule has 7 nitrogen and oxygen atoms in total. The fourth-order valence-corrected chi connectivity index (χ4v) is 3.69. The summed E-state index contributed by atoms with van der Waals surface area (Å²) in [7, 11) is 0. The summed E-state index contributed by atoms with van der Waals surface area (Å²) in [6.07, 6.45) is 5.93. The van der Waals surface area contributed by atoms with E-state index in [0.29, 0.717) is 17.8 Å². The Morgan fingerprint density at radius 3 is 3.04 bits per heavy atom. The Balaban J connectivity index is 1.59. The summed E-state index contributed by atoms with van der Waals surface area (Å²) in [6.45, 7) is 1.70. The second-order valence-electron chi connectivity index (χ2n) is 6.02. The second-order valence-corrected chi connectivity index (χ2v) is 7.13. The summed E-state index contributed by atoms with van der Waals surface area (Å²) in [5, 5.41) is 8.29. The lowest BCUT2D eigenvalue weighted by atomic mass is 10.1. The number of anilines is 1. The van der Waals surface area contributed by atoms with Gasteiger partial charge in [-0.1, -0.05) is 0 Å². The van der Waals surface area contributed by atoms with E-state index in [1.807, 2.05) is 12.3 Å². The predicted octanol–water partition coefficient (Wildman–Crippen LogP) is 3.49. The van der Waals surface area contributed by atoms with Gasteiger partial charge in [0.2, 0.25) is 5.91 Å². The smallest absolute Gasteiger partial charge is 0.259 e. The molecular weight excluding hydrogens is 357 g/mol. The normalized spacial score (nSPS) is 15.6. The molecule has 3 aromatic rings. The molecule has 0 spiro atoms. The Kier molecular flexibility index (Phi) is 4.46. The molecule has 0 fully saturated rings. The number of nitrogens with zero attached hydrogens (tertiary/aromatic N) is 5. The van der Waals surface area contributed by atoms with Crippen LogP contribution in [0.4, 0.5) is 10.1 Å². The maximum absolute atomic E-state index is 13.2. The lowest BCUT2D eigenvalue weighted by Crippen LogP contribution is -2.29. The van der Waals surface area contributed by atoms with E-state index in [-0.39, 0.29) is 17.7 Å². The number of fused-ring (bicyclic) bond motifs is 1. The Bertz CT molecular complexity index is 939. The number of carbonyl (C=O) groups excluding carboxylic acids is 1. The van der Waals surface area contributed by atoms with E-state index < -0.39 is 6.17 Å². The minimum absolute atomic E-state index is 0.0564. The van der Waals surface area contributed by atoms with Crippen molar-refractivity contribution in [1.29, 1.82) is 0 Å². The topological polar surface area (TPSA) is 85.0 Å². The van der Waals surface area contributed by atoms with Gasteiger partial charge in [-0.05, 0) is 31.4 Å². The molecule has 1 atom stereocenters. The van der Waals surface area contributed by atoms with Crippen LogP contribution in [0.3, 0.4) is 0 Å². The SMILES string of the molecule is CC(F)c1nnc(-c2cnc(CN3C(=O)CCCc4cnccc43)s2)o1. The third kappa shape index (κ3) is 3.22. The second kappa shape index (κ2) is 6.91. The lowest BCUT2D eigenvalue weighted by molar-refractivity contribution is -0.118. The maximum atomic E-state index is 13.2. The Morgan fingerprint density at radius 2 is 2.23 bits per heavy atom. The molecule has 0 radical (unpaired) electrons. The largest absolute Gasteiger partial charge is 0.417 e. The van der Waals surface area contributed by atoms with Crippen LogP contribution < -0.4 is 4.90 Å². The van der Waals surface area contributed by atoms with E-state index in [9.17, 15) is 9.18 Å². The van der Waals surface area contributed by atoms with Gasteiger partial charge in [0.15, 0.2) is 6.17 Å². The molecule has 1 amide bonds. The molecule has 1 aliphatic rings. The van der Waals surface area contributed by atoms with Gasteiger partial charge in [-0.2, -0.15) is 0 Å². The fraction of sp³-hybridized carbons (Fsp3) is 0.353. The van der Waals surface area contributed by atoms with Gasteiger partial charge in [0.25, 0.3) is 11.8 Å². The molecule has 3 aromatic heterocycles. The molecule has 0 bridgehead atoms. The van der Waals surface area contributed by atoms with Gasteiger partial charge in [0, 0.05) is 18.8 Å². The highest BCUT2D eigenvalue weighted by Gasteiger charge is 2.24. The maximum Gasteiger partial charge on any atom is 0.259 e. The van der Waals surface area contributed by atoms with Crippen molar-refractivity contribution < 1.29 is 13.6 Å². The van der Waals surface area contributed by atoms with Crippen molar-refractivity contribution in [3.63, 3.8) is 0 Å². The zero-order chi connectivity index (χ0) is 18.1. The molecule has 0 saturated heterocycles. The monoisotopic (exact) mass is 373 g/mol. The van der Waals surface area contributed by atoms with Crippen LogP contribution in [-0.4, -0.2) is 26.1 Å². The highest BCUT2D eigenvalue weighted by molar-refractivity contribution is 7.15. The summed E-state index contributed by atoms with van der Waals surface area (Å²) in [5.41, 5.74) is 1.94. The van der Waals surface area contributed by atoms with Crippen LogP contribution in [0.5, 0.6) is 0 Å². The van der Waals surface area contributed by atoms with Gasteiger partial charge in [0.1, 0.15) is 9.88 Å². The minimum atomic E-state index is -1.32. The van der Waals surface area contributed by atoms with Crippen molar-refractivity contribution in [3.8, 4) is 10.8 Å². The van der Waals surface area contributed by atoms with Gasteiger partial charge in [0.05, 0.1) is 18.4 Å². The Hall–Kier alpha value is -2.68. The van der Waals surface area contributed by atoms with Gasteiger partial charge in [-0.15, -0.1) is 21.5 Å². The van der Waals surface area contributed by atoms with Gasteiger partial charge < -0.3 is 9.32 Å². The quantitative estimate of drug-likeness (QED) is 0.696. The fourth-order valence-electron chi connectivity index (χ4n) is 2.86. The first kappa shape index (κ1) is 16.8. The highest BCUT2D eigenvalue weighted by atomic mass is 32.1. The van der Waals surface area contributed by atoms with E-state index in [1.54, 1.807) is 17.3 Å². The molecule has 0 aromatic carbocycles. The van der Waals surface area contributed by atoms with Crippen molar-refractivity contribution in [2.24, 2.45) is 0 Å². The van der Waals surface area contributed by atoms with Crippen LogP contribution in [-0.2, 0) is 17.8 Å². The number of amides is 1. The minimum Gasteiger partial charge on any atom is -0.417 e. The molecule has 9 heteroatoms. The van der Waals surface area contributed by atoms with Crippen LogP contribution >= 0.6 is 11.3 Å². The van der Waals surface area contributed by atoms with Crippen LogP contribution in [0.15, 0.2) is 29.1 Å². The van der Waals surface area contributed by atoms with Gasteiger partial charge >= 0.3 is 0 Å². The number of hydrogen-bond donors (Lipinski definition) is 0. The molecule has 4 heterocycles. The first-order valence-corrected chi connectivity index (χ1v) is 9.09. The first-order valence-electron chi connectivity index (χ1n) is 8.27. The van der Waals surface area contributed by atoms with Crippen LogP contribution in [0, 0.1) is 0 Å². The molecular formula is C17H16FN5O2S. The number of thiazole rings is 1. The third-order valence-electron chi connectivity index (χ3n) is 4.15. The van der Waals surface area contributed by atoms with E-state index in [0.717, 1.165) is 29.1 Å². The van der Waals surface area contributed by atoms with Crippen LogP contribution in [0.25, 0.3) is 10.8 Å². The van der Waals surface area contributed by atoms with Crippen molar-refractivity contribution in [3.05, 3.63) is 41.1 Å². The standard InChI is InChI=1S/C17H16FN5O2S/c1-10(18)16-21-22-17(25-16)13-8-20-14(26-13)9-23-12-5-6-19-7-11(12)3-2-4-15(23)24/h5-8,10H,2-4,9H2,1H3. The van der Waals surface area contributed by atoms with E-state index in [1.165, 1.54) is 18.3 Å². The zero-order valence-electron chi connectivity index (χ0n) is 14.1. The number of halogens is 1. The summed E-state index contributed by atoms with van der Waals surface area (Å²) >= 11 is 1.35. The molecule has 4 rings (SSSR count). The van der Waals surface area contributed by atoms with Gasteiger partial charge in [-0.25, -0.2) is 9.37 Å². The summed E-state index contributed by atoms with van der Waals surface area (Å²) < 4.78 is 18.6. The number of aryl methyl sites for hydroxylation is 1. The number of pyridine rings is 1. The van der Waals surface area contributed by atoms with Crippen LogP contribution in [0.1, 0.15) is 42.4 Å². The van der Waals surface area contributed by atoms with Crippen molar-refractivity contribution in [1.82, 2.24) is 20.2 Å². The first-order chi connectivity index (χ1) is 12.6. The number of carbonyl (C=O) groups is 1. The van der Waals surface area contributed by atoms with Crippen molar-refractivity contribution in [2.75, 3.05) is 4.90 Å². The lowest BCUT2D eigenvalue weighted by Gasteiger charge is -2.21. The van der Waals surface area contributed by atoms with Crippen molar-refractivity contribution >= 4 is 22.9 Å². The number of aromatic nitrogens is 4. The molecule has 134 valence electrons. The third-order valence-corrected chi connectivity index (χ3v) is 5.12. The Labute approximate surface area is 152 Å². The summed E-state index contributed by atoms with van der Waals surface area (Å²) in [5.74, 6) is 0.247. The van der Waals surface area contributed by atoms with E-state index in [2.05, 4.69) is 20.2 Å². The van der Waals surface area contributed by atoms with E-state index in [4.69, 9.17) is 4.42 Å². The molecule has 0 saturated carbocycles. The molecule has 1 unspecified atom stereocenters. The van der Waals surface area contributed by atoms with Crippen LogP contribution in [0.2, 0.25) is 0 Å². The summed E-state index contributed by atoms with van der Waals surface area (Å²) in [6, 6.07) is 1.86. The van der Waals surface area contributed by atoms with Crippen molar-refractivity contribution in [2.45, 2.75) is 38.9 Å². The molecule has 1 aliphatic heterocycles.